The number of sulfonamides is 1. The van der Waals surface area contributed by atoms with Crippen LogP contribution in [0.4, 0.5) is 8.78 Å². The van der Waals surface area contributed by atoms with E-state index in [1.54, 1.807) is 6.92 Å². The van der Waals surface area contributed by atoms with Gasteiger partial charge in [-0.05, 0) is 26.0 Å². The van der Waals surface area contributed by atoms with Crippen molar-refractivity contribution in [1.29, 1.82) is 0 Å². The second kappa shape index (κ2) is 7.54. The first-order valence-corrected chi connectivity index (χ1v) is 8.07. The molecule has 9 heteroatoms. The molecular weight excluding hydrogens is 338 g/mol. The summed E-state index contributed by atoms with van der Waals surface area (Å²) < 4.78 is 55.9. The number of rotatable bonds is 4. The maximum atomic E-state index is 12.7. The highest BCUT2D eigenvalue weighted by atomic mass is 35.5. The molecule has 1 aliphatic heterocycles. The van der Waals surface area contributed by atoms with Crippen molar-refractivity contribution in [2.24, 2.45) is 0 Å². The van der Waals surface area contributed by atoms with Gasteiger partial charge in [-0.2, -0.15) is 13.1 Å². The minimum Gasteiger partial charge on any atom is -0.433 e. The van der Waals surface area contributed by atoms with Gasteiger partial charge in [-0.15, -0.1) is 12.4 Å². The van der Waals surface area contributed by atoms with Crippen molar-refractivity contribution in [3.63, 3.8) is 0 Å². The number of piperazine rings is 1. The predicted octanol–water partition coefficient (Wildman–Crippen LogP) is 2.08. The van der Waals surface area contributed by atoms with Gasteiger partial charge in [0.25, 0.3) is 0 Å². The second-order valence-electron chi connectivity index (χ2n) is 4.92. The zero-order valence-electron chi connectivity index (χ0n) is 12.2. The molecule has 1 aromatic carbocycles. The molecule has 0 amide bonds. The number of hydrogen-bond acceptors (Lipinski definition) is 4. The van der Waals surface area contributed by atoms with Crippen LogP contribution >= 0.6 is 12.4 Å². The highest BCUT2D eigenvalue weighted by Gasteiger charge is 2.36. The van der Waals surface area contributed by atoms with Gasteiger partial charge < -0.3 is 10.1 Å². The molecule has 0 radical (unpaired) electrons. The Hall–Kier alpha value is -0.960. The fourth-order valence-electron chi connectivity index (χ4n) is 2.35. The van der Waals surface area contributed by atoms with Gasteiger partial charge in [0.1, 0.15) is 10.6 Å². The lowest BCUT2D eigenvalue weighted by atomic mass is 10.1. The summed E-state index contributed by atoms with van der Waals surface area (Å²) in [5, 5.41) is 3.17. The first-order chi connectivity index (χ1) is 9.84. The van der Waals surface area contributed by atoms with Gasteiger partial charge in [-0.1, -0.05) is 12.1 Å². The van der Waals surface area contributed by atoms with Crippen molar-refractivity contribution in [2.75, 3.05) is 13.1 Å². The summed E-state index contributed by atoms with van der Waals surface area (Å²) in [7, 11) is -3.89. The van der Waals surface area contributed by atoms with Gasteiger partial charge in [0, 0.05) is 25.2 Å². The van der Waals surface area contributed by atoms with Crippen LogP contribution in [0, 0.1) is 0 Å². The Morgan fingerprint density at radius 1 is 1.32 bits per heavy atom. The standard InChI is InChI=1S/C13H18F2N2O3S.ClH/c1-9-10(2)17(8-7-16-9)21(18,19)12-6-4-3-5-11(12)20-13(14)15;/h3-6,9-10,13,16H,7-8H2,1-2H3;1H. The van der Waals surface area contributed by atoms with E-state index in [0.29, 0.717) is 6.54 Å². The van der Waals surface area contributed by atoms with Crippen LogP contribution in [0.25, 0.3) is 0 Å². The average molecular weight is 357 g/mol. The van der Waals surface area contributed by atoms with E-state index >= 15 is 0 Å². The van der Waals surface area contributed by atoms with Gasteiger partial charge in [-0.3, -0.25) is 0 Å². The van der Waals surface area contributed by atoms with Crippen LogP contribution in [-0.4, -0.2) is 44.5 Å². The molecule has 2 unspecified atom stereocenters. The molecule has 126 valence electrons. The zero-order chi connectivity index (χ0) is 15.6. The van der Waals surface area contributed by atoms with Gasteiger partial charge in [0.2, 0.25) is 10.0 Å². The van der Waals surface area contributed by atoms with Crippen LogP contribution in [0.5, 0.6) is 5.75 Å². The number of hydrogen-bond donors (Lipinski definition) is 1. The summed E-state index contributed by atoms with van der Waals surface area (Å²) in [6, 6.07) is 5.17. The Morgan fingerprint density at radius 2 is 1.95 bits per heavy atom. The van der Waals surface area contributed by atoms with E-state index in [-0.39, 0.29) is 41.7 Å². The average Bonchev–Trinajstić information content (AvgIpc) is 2.41. The van der Waals surface area contributed by atoms with E-state index in [0.717, 1.165) is 0 Å². The van der Waals surface area contributed by atoms with E-state index < -0.39 is 16.6 Å². The molecule has 0 bridgehead atoms. The van der Waals surface area contributed by atoms with E-state index in [9.17, 15) is 17.2 Å². The molecule has 5 nitrogen and oxygen atoms in total. The second-order valence-corrected chi connectivity index (χ2v) is 6.78. The molecule has 1 saturated heterocycles. The summed E-state index contributed by atoms with van der Waals surface area (Å²) >= 11 is 0. The number of halogens is 3. The Bertz CT molecular complexity index is 601. The summed E-state index contributed by atoms with van der Waals surface area (Å²) in [5.74, 6) is -0.328. The number of para-hydroxylation sites is 1. The monoisotopic (exact) mass is 356 g/mol. The lowest BCUT2D eigenvalue weighted by molar-refractivity contribution is -0.0518. The normalized spacial score (nSPS) is 23.1. The third kappa shape index (κ3) is 3.87. The maximum Gasteiger partial charge on any atom is 0.387 e. The molecule has 0 spiro atoms. The zero-order valence-corrected chi connectivity index (χ0v) is 13.8. The van der Waals surface area contributed by atoms with Crippen molar-refractivity contribution in [3.8, 4) is 5.75 Å². The predicted molar refractivity (Wildman–Crippen MR) is 81.1 cm³/mol. The smallest absolute Gasteiger partial charge is 0.387 e. The first-order valence-electron chi connectivity index (χ1n) is 6.63. The number of alkyl halides is 2. The summed E-state index contributed by atoms with van der Waals surface area (Å²) in [6.07, 6.45) is 0. The van der Waals surface area contributed by atoms with Crippen LogP contribution in [0.1, 0.15) is 13.8 Å². The molecule has 0 saturated carbocycles. The third-order valence-electron chi connectivity index (χ3n) is 3.63. The number of nitrogens with zero attached hydrogens (tertiary/aromatic N) is 1. The van der Waals surface area contributed by atoms with E-state index in [2.05, 4.69) is 10.1 Å². The van der Waals surface area contributed by atoms with Crippen LogP contribution in [0.15, 0.2) is 29.2 Å². The van der Waals surface area contributed by atoms with Crippen molar-refractivity contribution >= 4 is 22.4 Å². The lowest BCUT2D eigenvalue weighted by Crippen LogP contribution is -2.57. The summed E-state index contributed by atoms with van der Waals surface area (Å²) in [4.78, 5) is -0.230. The molecule has 0 aliphatic carbocycles. The van der Waals surface area contributed by atoms with Gasteiger partial charge in [0.05, 0.1) is 0 Å². The fraction of sp³-hybridized carbons (Fsp3) is 0.538. The highest BCUT2D eigenvalue weighted by molar-refractivity contribution is 7.89. The lowest BCUT2D eigenvalue weighted by Gasteiger charge is -2.37. The first kappa shape index (κ1) is 19.1. The minimum absolute atomic E-state index is 0. The van der Waals surface area contributed by atoms with Gasteiger partial charge in [0.15, 0.2) is 0 Å². The number of ether oxygens (including phenoxy) is 1. The quantitative estimate of drug-likeness (QED) is 0.897. The van der Waals surface area contributed by atoms with Crippen molar-refractivity contribution in [3.05, 3.63) is 24.3 Å². The van der Waals surface area contributed by atoms with E-state index in [4.69, 9.17) is 0 Å². The van der Waals surface area contributed by atoms with Crippen molar-refractivity contribution < 1.29 is 21.9 Å². The van der Waals surface area contributed by atoms with Crippen LogP contribution < -0.4 is 10.1 Å². The molecule has 22 heavy (non-hydrogen) atoms. The molecule has 1 fully saturated rings. The van der Waals surface area contributed by atoms with Crippen molar-refractivity contribution in [2.45, 2.75) is 37.4 Å². The van der Waals surface area contributed by atoms with Gasteiger partial charge >= 0.3 is 6.61 Å². The van der Waals surface area contributed by atoms with Crippen LogP contribution in [0.3, 0.4) is 0 Å². The molecule has 2 atom stereocenters. The molecule has 2 rings (SSSR count). The summed E-state index contributed by atoms with van der Waals surface area (Å²) in [5.41, 5.74) is 0. The van der Waals surface area contributed by atoms with Crippen LogP contribution in [0.2, 0.25) is 0 Å². The Morgan fingerprint density at radius 3 is 2.59 bits per heavy atom. The van der Waals surface area contributed by atoms with Crippen molar-refractivity contribution in [1.82, 2.24) is 9.62 Å². The topological polar surface area (TPSA) is 58.6 Å². The number of benzene rings is 1. The molecular formula is C13H19ClF2N2O3S. The maximum absolute atomic E-state index is 12.7. The molecule has 1 aromatic rings. The Kier molecular flexibility index (Phi) is 6.54. The SMILES string of the molecule is CC1NCCN(S(=O)(=O)c2ccccc2OC(F)F)C1C.Cl. The third-order valence-corrected chi connectivity index (χ3v) is 5.65. The van der Waals surface area contributed by atoms with Crippen LogP contribution in [-0.2, 0) is 10.0 Å². The Balaban J connectivity index is 0.00000242. The summed E-state index contributed by atoms with van der Waals surface area (Å²) in [6.45, 7) is 1.40. The number of nitrogens with one attached hydrogen (secondary N) is 1. The highest BCUT2D eigenvalue weighted by Crippen LogP contribution is 2.29. The molecule has 1 heterocycles. The van der Waals surface area contributed by atoms with Gasteiger partial charge in [-0.25, -0.2) is 8.42 Å². The van der Waals surface area contributed by atoms with E-state index in [1.807, 2.05) is 6.92 Å². The molecule has 0 aromatic heterocycles. The largest absolute Gasteiger partial charge is 0.433 e. The Labute approximate surface area is 135 Å². The molecule has 1 aliphatic rings. The van der Waals surface area contributed by atoms with E-state index in [1.165, 1.54) is 28.6 Å². The fourth-order valence-corrected chi connectivity index (χ4v) is 4.17. The molecule has 1 N–H and O–H groups in total. The minimum atomic E-state index is -3.89.